The first kappa shape index (κ1) is 19.5. The number of hydrogen-bond acceptors (Lipinski definition) is 5. The van der Waals surface area contributed by atoms with Gasteiger partial charge in [-0.05, 0) is 37.0 Å². The summed E-state index contributed by atoms with van der Waals surface area (Å²) in [5.41, 5.74) is 1.48. The Bertz CT molecular complexity index is 883. The number of carbonyl (C=O) groups excluding carboxylic acids is 1. The normalized spacial score (nSPS) is 12.2. The summed E-state index contributed by atoms with van der Waals surface area (Å²) in [5.74, 6) is -1.47. The van der Waals surface area contributed by atoms with Crippen LogP contribution < -0.4 is 15.7 Å². The Hall–Kier alpha value is -2.83. The number of aryl methyl sites for hydroxylation is 2. The lowest BCUT2D eigenvalue weighted by Crippen LogP contribution is -2.46. The fourth-order valence-corrected chi connectivity index (χ4v) is 2.73. The molecule has 0 saturated heterocycles. The topological polar surface area (TPSA) is 106 Å². The van der Waals surface area contributed by atoms with Crippen molar-refractivity contribution in [3.05, 3.63) is 39.7 Å². The lowest BCUT2D eigenvalue weighted by atomic mass is 10.0. The third-order valence-corrected chi connectivity index (χ3v) is 4.19. The highest BCUT2D eigenvalue weighted by molar-refractivity contribution is 5.86. The zero-order valence-corrected chi connectivity index (χ0v) is 15.3. The van der Waals surface area contributed by atoms with Gasteiger partial charge in [0.1, 0.15) is 17.4 Å². The maximum Gasteiger partial charge on any atom is 0.336 e. The quantitative estimate of drug-likeness (QED) is 0.733. The van der Waals surface area contributed by atoms with Crippen molar-refractivity contribution in [2.75, 3.05) is 6.61 Å². The van der Waals surface area contributed by atoms with E-state index in [4.69, 9.17) is 14.3 Å². The van der Waals surface area contributed by atoms with Gasteiger partial charge in [0.15, 0.2) is 6.61 Å². The van der Waals surface area contributed by atoms with Gasteiger partial charge in [0.2, 0.25) is 0 Å². The Balaban J connectivity index is 2.19. The number of ether oxygens (including phenoxy) is 1. The van der Waals surface area contributed by atoms with Crippen LogP contribution in [0.2, 0.25) is 0 Å². The second-order valence-electron chi connectivity index (χ2n) is 6.43. The van der Waals surface area contributed by atoms with E-state index in [0.29, 0.717) is 23.3 Å². The Morgan fingerprint density at radius 3 is 2.58 bits per heavy atom. The van der Waals surface area contributed by atoms with E-state index in [0.717, 1.165) is 10.9 Å². The summed E-state index contributed by atoms with van der Waals surface area (Å²) in [5, 5.41) is 12.4. The molecule has 2 rings (SSSR count). The Morgan fingerprint density at radius 2 is 2.00 bits per heavy atom. The van der Waals surface area contributed by atoms with E-state index in [9.17, 15) is 14.4 Å². The fourth-order valence-electron chi connectivity index (χ4n) is 2.73. The molecule has 2 aromatic rings. The summed E-state index contributed by atoms with van der Waals surface area (Å²) >= 11 is 0. The molecule has 1 aromatic carbocycles. The lowest BCUT2D eigenvalue weighted by Gasteiger charge is -2.18. The van der Waals surface area contributed by atoms with Gasteiger partial charge in [0, 0.05) is 17.0 Å². The summed E-state index contributed by atoms with van der Waals surface area (Å²) in [4.78, 5) is 34.9. The molecular formula is C19H23NO6. The molecule has 26 heavy (non-hydrogen) atoms. The summed E-state index contributed by atoms with van der Waals surface area (Å²) < 4.78 is 10.8. The van der Waals surface area contributed by atoms with E-state index < -0.39 is 23.5 Å². The molecule has 7 heteroatoms. The third-order valence-electron chi connectivity index (χ3n) is 4.19. The van der Waals surface area contributed by atoms with Crippen molar-refractivity contribution in [1.82, 2.24) is 5.32 Å². The molecule has 0 spiro atoms. The zero-order valence-electron chi connectivity index (χ0n) is 15.3. The molecule has 0 aliphatic rings. The van der Waals surface area contributed by atoms with Gasteiger partial charge in [-0.3, -0.25) is 4.79 Å². The van der Waals surface area contributed by atoms with Gasteiger partial charge < -0.3 is 19.6 Å². The average Bonchev–Trinajstić information content (AvgIpc) is 2.58. The van der Waals surface area contributed by atoms with Gasteiger partial charge in [-0.15, -0.1) is 0 Å². The fraction of sp³-hybridized carbons (Fsp3) is 0.421. The van der Waals surface area contributed by atoms with E-state index in [-0.39, 0.29) is 12.5 Å². The second kappa shape index (κ2) is 8.03. The van der Waals surface area contributed by atoms with Gasteiger partial charge in [-0.25, -0.2) is 9.59 Å². The molecule has 1 aromatic heterocycles. The molecule has 140 valence electrons. The van der Waals surface area contributed by atoms with E-state index in [1.54, 1.807) is 32.9 Å². The monoisotopic (exact) mass is 361 g/mol. The number of amides is 1. The van der Waals surface area contributed by atoms with Crippen molar-refractivity contribution in [1.29, 1.82) is 0 Å². The number of fused-ring (bicyclic) bond motifs is 1. The summed E-state index contributed by atoms with van der Waals surface area (Å²) in [6.07, 6.45) is 0.690. The number of carboxylic acid groups (broad SMARTS) is 1. The number of benzene rings is 1. The van der Waals surface area contributed by atoms with Gasteiger partial charge >= 0.3 is 11.6 Å². The van der Waals surface area contributed by atoms with E-state index >= 15 is 0 Å². The van der Waals surface area contributed by atoms with Gasteiger partial charge in [0.05, 0.1) is 0 Å². The molecule has 0 saturated carbocycles. The van der Waals surface area contributed by atoms with Crippen molar-refractivity contribution >= 4 is 22.8 Å². The smallest absolute Gasteiger partial charge is 0.336 e. The first-order chi connectivity index (χ1) is 12.2. The molecular weight excluding hydrogens is 338 g/mol. The highest BCUT2D eigenvalue weighted by Gasteiger charge is 2.23. The number of rotatable bonds is 7. The van der Waals surface area contributed by atoms with Crippen LogP contribution in [-0.4, -0.2) is 29.6 Å². The van der Waals surface area contributed by atoms with Crippen LogP contribution in [0.4, 0.5) is 0 Å². The molecule has 2 N–H and O–H groups in total. The molecule has 0 bridgehead atoms. The van der Waals surface area contributed by atoms with Crippen LogP contribution in [-0.2, 0) is 16.0 Å². The van der Waals surface area contributed by atoms with Gasteiger partial charge in [-0.1, -0.05) is 20.8 Å². The molecule has 0 unspecified atom stereocenters. The number of carboxylic acids is 1. The van der Waals surface area contributed by atoms with E-state index in [2.05, 4.69) is 5.32 Å². The van der Waals surface area contributed by atoms with Crippen LogP contribution in [0.3, 0.4) is 0 Å². The zero-order chi connectivity index (χ0) is 19.4. The number of aliphatic carboxylic acids is 1. The largest absolute Gasteiger partial charge is 0.483 e. The number of nitrogens with one attached hydrogen (secondary N) is 1. The average molecular weight is 361 g/mol. The first-order valence-electron chi connectivity index (χ1n) is 8.45. The molecule has 1 atom stereocenters. The second-order valence-corrected chi connectivity index (χ2v) is 6.43. The standard InChI is InChI=1S/C19H23NO6/c1-5-12-8-16(22)26-18-11(4)14(7-6-13(12)18)25-9-15(21)20-17(10(2)3)19(23)24/h6-8,10,17H,5,9H2,1-4H3,(H,20,21)(H,23,24)/t17-/m0/s1. The van der Waals surface area contributed by atoms with Crippen LogP contribution in [0, 0.1) is 12.8 Å². The first-order valence-corrected chi connectivity index (χ1v) is 8.45. The van der Waals surface area contributed by atoms with Crippen molar-refractivity contribution in [3.63, 3.8) is 0 Å². The molecule has 1 amide bonds. The molecule has 1 heterocycles. The van der Waals surface area contributed by atoms with Crippen LogP contribution >= 0.6 is 0 Å². The highest BCUT2D eigenvalue weighted by atomic mass is 16.5. The molecule has 0 aliphatic carbocycles. The minimum Gasteiger partial charge on any atom is -0.483 e. The SMILES string of the molecule is CCc1cc(=O)oc2c(C)c(OCC(=O)N[C@H](C(=O)O)C(C)C)ccc12. The highest BCUT2D eigenvalue weighted by Crippen LogP contribution is 2.28. The minimum atomic E-state index is -1.09. The predicted octanol–water partition coefficient (Wildman–Crippen LogP) is 2.27. The predicted molar refractivity (Wildman–Crippen MR) is 96.5 cm³/mol. The number of hydrogen-bond donors (Lipinski definition) is 2. The van der Waals surface area contributed by atoms with E-state index in [1.165, 1.54) is 6.07 Å². The Labute approximate surface area is 151 Å². The molecule has 0 fully saturated rings. The maximum atomic E-state index is 12.0. The Kier molecular flexibility index (Phi) is 6.02. The summed E-state index contributed by atoms with van der Waals surface area (Å²) in [6, 6.07) is 3.98. The molecule has 7 nitrogen and oxygen atoms in total. The van der Waals surface area contributed by atoms with Crippen molar-refractivity contribution < 1.29 is 23.8 Å². The third kappa shape index (κ3) is 4.22. The van der Waals surface area contributed by atoms with Crippen molar-refractivity contribution in [2.24, 2.45) is 5.92 Å². The van der Waals surface area contributed by atoms with Crippen LogP contribution in [0.15, 0.2) is 27.4 Å². The van der Waals surface area contributed by atoms with Crippen LogP contribution in [0.1, 0.15) is 31.9 Å². The minimum absolute atomic E-state index is 0.249. The van der Waals surface area contributed by atoms with E-state index in [1.807, 2.05) is 6.92 Å². The van der Waals surface area contributed by atoms with Crippen LogP contribution in [0.25, 0.3) is 11.0 Å². The number of carbonyl (C=O) groups is 2. The van der Waals surface area contributed by atoms with Gasteiger partial charge in [0.25, 0.3) is 5.91 Å². The lowest BCUT2D eigenvalue weighted by molar-refractivity contribution is -0.143. The summed E-state index contributed by atoms with van der Waals surface area (Å²) in [6.45, 7) is 6.78. The van der Waals surface area contributed by atoms with Crippen molar-refractivity contribution in [2.45, 2.75) is 40.2 Å². The van der Waals surface area contributed by atoms with Crippen molar-refractivity contribution in [3.8, 4) is 5.75 Å². The Morgan fingerprint density at radius 1 is 1.31 bits per heavy atom. The molecule has 0 radical (unpaired) electrons. The summed E-state index contributed by atoms with van der Waals surface area (Å²) in [7, 11) is 0. The van der Waals surface area contributed by atoms with Crippen LogP contribution in [0.5, 0.6) is 5.75 Å². The van der Waals surface area contributed by atoms with Gasteiger partial charge in [-0.2, -0.15) is 0 Å². The maximum absolute atomic E-state index is 12.0. The molecule has 0 aliphatic heterocycles.